The first-order chi connectivity index (χ1) is 8.48. The first-order valence-electron chi connectivity index (χ1n) is 6.72. The second kappa shape index (κ2) is 6.29. The molecule has 0 aromatic carbocycles. The minimum absolute atomic E-state index is 0.00303. The van der Waals surface area contributed by atoms with Crippen molar-refractivity contribution in [2.45, 2.75) is 65.0 Å². The van der Waals surface area contributed by atoms with Gasteiger partial charge in [-0.1, -0.05) is 19.0 Å². The van der Waals surface area contributed by atoms with Crippen molar-refractivity contribution in [3.8, 4) is 0 Å². The van der Waals surface area contributed by atoms with E-state index in [9.17, 15) is 0 Å². The quantitative estimate of drug-likeness (QED) is 0.810. The van der Waals surface area contributed by atoms with Crippen molar-refractivity contribution in [3.63, 3.8) is 0 Å². The molecule has 0 fully saturated rings. The summed E-state index contributed by atoms with van der Waals surface area (Å²) in [6.07, 6.45) is 1.69. The van der Waals surface area contributed by atoms with Crippen molar-refractivity contribution in [1.82, 2.24) is 10.1 Å². The Bertz CT molecular complexity index is 365. The fourth-order valence-corrected chi connectivity index (χ4v) is 2.02. The SMILES string of the molecule is CCOC(C)(CC)c1noc(C(CC)C(C)N)n1. The van der Waals surface area contributed by atoms with E-state index < -0.39 is 5.60 Å². The topological polar surface area (TPSA) is 74.2 Å². The second-order valence-corrected chi connectivity index (χ2v) is 4.85. The monoisotopic (exact) mass is 255 g/mol. The highest BCUT2D eigenvalue weighted by Crippen LogP contribution is 2.29. The molecule has 3 unspecified atom stereocenters. The van der Waals surface area contributed by atoms with Crippen LogP contribution >= 0.6 is 0 Å². The average Bonchev–Trinajstić information content (AvgIpc) is 2.79. The summed E-state index contributed by atoms with van der Waals surface area (Å²) in [4.78, 5) is 4.48. The van der Waals surface area contributed by atoms with Gasteiger partial charge in [0, 0.05) is 12.6 Å². The van der Waals surface area contributed by atoms with Gasteiger partial charge in [-0.3, -0.25) is 0 Å². The molecule has 0 aliphatic heterocycles. The van der Waals surface area contributed by atoms with Crippen LogP contribution in [0.25, 0.3) is 0 Å². The third-order valence-corrected chi connectivity index (χ3v) is 3.44. The molecule has 0 aliphatic rings. The number of hydrogen-bond acceptors (Lipinski definition) is 5. The summed E-state index contributed by atoms with van der Waals surface area (Å²) in [7, 11) is 0. The van der Waals surface area contributed by atoms with Gasteiger partial charge in [0.15, 0.2) is 0 Å². The molecule has 1 aromatic rings. The number of hydrogen-bond donors (Lipinski definition) is 1. The van der Waals surface area contributed by atoms with Crippen molar-refractivity contribution in [2.75, 3.05) is 6.61 Å². The molecule has 104 valence electrons. The summed E-state index contributed by atoms with van der Waals surface area (Å²) in [6.45, 7) is 10.6. The molecule has 5 heteroatoms. The Labute approximate surface area is 109 Å². The Morgan fingerprint density at radius 3 is 2.50 bits per heavy atom. The molecule has 0 amide bonds. The molecule has 1 aromatic heterocycles. The maximum atomic E-state index is 5.93. The van der Waals surface area contributed by atoms with E-state index in [0.717, 1.165) is 12.8 Å². The average molecular weight is 255 g/mol. The zero-order chi connectivity index (χ0) is 13.8. The fraction of sp³-hybridized carbons (Fsp3) is 0.846. The summed E-state index contributed by atoms with van der Waals surface area (Å²) >= 11 is 0. The van der Waals surface area contributed by atoms with Crippen LogP contribution in [0.15, 0.2) is 4.52 Å². The minimum Gasteiger partial charge on any atom is -0.367 e. The molecule has 2 N–H and O–H groups in total. The lowest BCUT2D eigenvalue weighted by molar-refractivity contribution is -0.0403. The summed E-state index contributed by atoms with van der Waals surface area (Å²) in [5.74, 6) is 1.33. The number of nitrogens with two attached hydrogens (primary N) is 1. The highest BCUT2D eigenvalue weighted by Gasteiger charge is 2.32. The van der Waals surface area contributed by atoms with Crippen LogP contribution in [0.4, 0.5) is 0 Å². The predicted molar refractivity (Wildman–Crippen MR) is 70.2 cm³/mol. The lowest BCUT2D eigenvalue weighted by Crippen LogP contribution is -2.27. The van der Waals surface area contributed by atoms with Gasteiger partial charge < -0.3 is 15.0 Å². The maximum absolute atomic E-state index is 5.93. The third-order valence-electron chi connectivity index (χ3n) is 3.44. The molecule has 1 heterocycles. The van der Waals surface area contributed by atoms with Crippen LogP contribution < -0.4 is 5.73 Å². The van der Waals surface area contributed by atoms with E-state index in [2.05, 4.69) is 24.0 Å². The number of ether oxygens (including phenoxy) is 1. The van der Waals surface area contributed by atoms with Crippen LogP contribution in [0.3, 0.4) is 0 Å². The zero-order valence-corrected chi connectivity index (χ0v) is 12.1. The van der Waals surface area contributed by atoms with Crippen LogP contribution in [-0.2, 0) is 10.3 Å². The molecule has 0 saturated carbocycles. The van der Waals surface area contributed by atoms with Crippen molar-refractivity contribution >= 4 is 0 Å². The summed E-state index contributed by atoms with van der Waals surface area (Å²) in [5.41, 5.74) is 5.45. The van der Waals surface area contributed by atoms with E-state index in [1.54, 1.807) is 0 Å². The summed E-state index contributed by atoms with van der Waals surface area (Å²) in [5, 5.41) is 4.06. The highest BCUT2D eigenvalue weighted by molar-refractivity contribution is 5.03. The van der Waals surface area contributed by atoms with E-state index >= 15 is 0 Å². The zero-order valence-electron chi connectivity index (χ0n) is 12.1. The third kappa shape index (κ3) is 3.09. The Morgan fingerprint density at radius 2 is 2.06 bits per heavy atom. The van der Waals surface area contributed by atoms with E-state index in [4.69, 9.17) is 15.0 Å². The van der Waals surface area contributed by atoms with Crippen LogP contribution in [0.1, 0.15) is 65.1 Å². The molecular formula is C13H25N3O2. The molecule has 18 heavy (non-hydrogen) atoms. The van der Waals surface area contributed by atoms with Crippen LogP contribution in [0.2, 0.25) is 0 Å². The van der Waals surface area contributed by atoms with Gasteiger partial charge in [-0.25, -0.2) is 0 Å². The molecule has 0 radical (unpaired) electrons. The minimum atomic E-state index is -0.480. The molecule has 0 aliphatic carbocycles. The summed E-state index contributed by atoms with van der Waals surface area (Å²) < 4.78 is 11.1. The smallest absolute Gasteiger partial charge is 0.231 e. The molecule has 1 rings (SSSR count). The van der Waals surface area contributed by atoms with Crippen LogP contribution in [0, 0.1) is 0 Å². The predicted octanol–water partition coefficient (Wildman–Crippen LogP) is 2.57. The lowest BCUT2D eigenvalue weighted by atomic mass is 9.98. The van der Waals surface area contributed by atoms with Crippen LogP contribution in [0.5, 0.6) is 0 Å². The second-order valence-electron chi connectivity index (χ2n) is 4.85. The van der Waals surface area contributed by atoms with Gasteiger partial charge in [-0.05, 0) is 33.6 Å². The maximum Gasteiger partial charge on any atom is 0.231 e. The van der Waals surface area contributed by atoms with Gasteiger partial charge in [-0.15, -0.1) is 0 Å². The molecule has 5 nitrogen and oxygen atoms in total. The normalized spacial score (nSPS) is 18.3. The van der Waals surface area contributed by atoms with Crippen molar-refractivity contribution < 1.29 is 9.26 Å². The Balaban J connectivity index is 2.97. The number of rotatable bonds is 7. The highest BCUT2D eigenvalue weighted by atomic mass is 16.5. The van der Waals surface area contributed by atoms with Crippen molar-refractivity contribution in [1.29, 1.82) is 0 Å². The Kier molecular flexibility index (Phi) is 5.28. The van der Waals surface area contributed by atoms with Gasteiger partial charge in [0.05, 0.1) is 5.92 Å². The lowest BCUT2D eigenvalue weighted by Gasteiger charge is -2.24. The largest absolute Gasteiger partial charge is 0.367 e. The standard InChI is InChI=1S/C13H25N3O2/c1-6-10(9(4)14)11-15-12(16-18-11)13(5,7-2)17-8-3/h9-10H,6-8,14H2,1-5H3. The fourth-order valence-electron chi connectivity index (χ4n) is 2.02. The number of aromatic nitrogens is 2. The molecule has 0 spiro atoms. The van der Waals surface area contributed by atoms with E-state index in [1.807, 2.05) is 20.8 Å². The van der Waals surface area contributed by atoms with E-state index in [1.165, 1.54) is 0 Å². The Morgan fingerprint density at radius 1 is 1.39 bits per heavy atom. The first-order valence-corrected chi connectivity index (χ1v) is 6.72. The Hall–Kier alpha value is -0.940. The van der Waals surface area contributed by atoms with E-state index in [-0.39, 0.29) is 12.0 Å². The van der Waals surface area contributed by atoms with Crippen molar-refractivity contribution in [2.24, 2.45) is 5.73 Å². The van der Waals surface area contributed by atoms with Gasteiger partial charge >= 0.3 is 0 Å². The molecule has 3 atom stereocenters. The molecule has 0 saturated heterocycles. The number of nitrogens with zero attached hydrogens (tertiary/aromatic N) is 2. The van der Waals surface area contributed by atoms with E-state index in [0.29, 0.717) is 18.3 Å². The van der Waals surface area contributed by atoms with Crippen LogP contribution in [-0.4, -0.2) is 22.8 Å². The first kappa shape index (κ1) is 15.1. The van der Waals surface area contributed by atoms with Gasteiger partial charge in [0.1, 0.15) is 5.60 Å². The van der Waals surface area contributed by atoms with Gasteiger partial charge in [-0.2, -0.15) is 4.98 Å². The van der Waals surface area contributed by atoms with Gasteiger partial charge in [0.25, 0.3) is 0 Å². The molecule has 0 bridgehead atoms. The van der Waals surface area contributed by atoms with Gasteiger partial charge in [0.2, 0.25) is 11.7 Å². The molecular weight excluding hydrogens is 230 g/mol. The van der Waals surface area contributed by atoms with Crippen molar-refractivity contribution in [3.05, 3.63) is 11.7 Å². The summed E-state index contributed by atoms with van der Waals surface area (Å²) in [6, 6.07) is 0.00303.